The summed E-state index contributed by atoms with van der Waals surface area (Å²) < 4.78 is 0. The molecule has 0 fully saturated rings. The summed E-state index contributed by atoms with van der Waals surface area (Å²) in [6.07, 6.45) is 0. The van der Waals surface area contributed by atoms with Crippen LogP contribution in [-0.2, 0) is 0 Å². The molecular formula is C22H21NOS. The number of thioether (sulfide) groups is 1. The smallest absolute Gasteiger partial charge is 0.256 e. The summed E-state index contributed by atoms with van der Waals surface area (Å²) in [6, 6.07) is 25.8. The van der Waals surface area contributed by atoms with Crippen molar-refractivity contribution in [1.29, 1.82) is 0 Å². The van der Waals surface area contributed by atoms with Crippen molar-refractivity contribution >= 4 is 23.4 Å². The second-order valence-electron chi connectivity index (χ2n) is 6.03. The largest absolute Gasteiger partial charge is 0.321 e. The van der Waals surface area contributed by atoms with Gasteiger partial charge in [-0.25, -0.2) is 0 Å². The number of carbonyl (C=O) groups is 1. The molecule has 1 N–H and O–H groups in total. The zero-order valence-electron chi connectivity index (χ0n) is 14.4. The van der Waals surface area contributed by atoms with Crippen LogP contribution in [0.3, 0.4) is 0 Å². The average molecular weight is 347 g/mol. The van der Waals surface area contributed by atoms with Gasteiger partial charge in [0.1, 0.15) is 0 Å². The summed E-state index contributed by atoms with van der Waals surface area (Å²) in [5, 5.41) is 3.51. The van der Waals surface area contributed by atoms with E-state index in [-0.39, 0.29) is 5.91 Å². The number of nitrogens with one attached hydrogen (secondary N) is 1. The van der Waals surface area contributed by atoms with Gasteiger partial charge in [-0.3, -0.25) is 4.79 Å². The van der Waals surface area contributed by atoms with Crippen LogP contribution < -0.4 is 5.32 Å². The van der Waals surface area contributed by atoms with E-state index in [0.29, 0.717) is 10.8 Å². The van der Waals surface area contributed by atoms with Crippen molar-refractivity contribution in [1.82, 2.24) is 0 Å². The Hall–Kier alpha value is -2.52. The summed E-state index contributed by atoms with van der Waals surface area (Å²) in [6.45, 7) is 4.26. The fraction of sp³-hybridized carbons (Fsp3) is 0.136. The van der Waals surface area contributed by atoms with Crippen molar-refractivity contribution in [3.8, 4) is 11.1 Å². The van der Waals surface area contributed by atoms with E-state index in [1.807, 2.05) is 78.9 Å². The number of amides is 1. The zero-order chi connectivity index (χ0) is 17.6. The molecule has 0 spiro atoms. The number of benzene rings is 3. The first-order valence-corrected chi connectivity index (χ1v) is 9.24. The minimum atomic E-state index is -0.0767. The van der Waals surface area contributed by atoms with Crippen LogP contribution in [0.5, 0.6) is 0 Å². The lowest BCUT2D eigenvalue weighted by atomic mass is 10.0. The molecule has 0 aliphatic heterocycles. The lowest BCUT2D eigenvalue weighted by Crippen LogP contribution is -2.14. The second kappa shape index (κ2) is 8.04. The highest BCUT2D eigenvalue weighted by Crippen LogP contribution is 2.30. The Morgan fingerprint density at radius 2 is 1.48 bits per heavy atom. The van der Waals surface area contributed by atoms with Crippen LogP contribution in [0.4, 0.5) is 5.69 Å². The summed E-state index contributed by atoms with van der Waals surface area (Å²) in [4.78, 5) is 13.9. The van der Waals surface area contributed by atoms with E-state index in [0.717, 1.165) is 21.7 Å². The van der Waals surface area contributed by atoms with Crippen molar-refractivity contribution in [2.75, 3.05) is 5.32 Å². The third-order valence-corrected chi connectivity index (χ3v) is 4.84. The third kappa shape index (κ3) is 4.31. The van der Waals surface area contributed by atoms with Crippen LogP contribution in [0.15, 0.2) is 83.8 Å². The minimum Gasteiger partial charge on any atom is -0.321 e. The highest BCUT2D eigenvalue weighted by Gasteiger charge is 2.14. The molecule has 0 atom stereocenters. The molecule has 0 aliphatic rings. The lowest BCUT2D eigenvalue weighted by Gasteiger charge is -2.14. The van der Waals surface area contributed by atoms with Crippen molar-refractivity contribution < 1.29 is 4.79 Å². The fourth-order valence-electron chi connectivity index (χ4n) is 2.66. The fourth-order valence-corrected chi connectivity index (χ4v) is 3.61. The molecule has 0 aliphatic carbocycles. The summed E-state index contributed by atoms with van der Waals surface area (Å²) in [5.41, 5.74) is 3.64. The van der Waals surface area contributed by atoms with E-state index in [4.69, 9.17) is 0 Å². The van der Waals surface area contributed by atoms with Gasteiger partial charge in [0.05, 0.1) is 5.56 Å². The van der Waals surface area contributed by atoms with Crippen molar-refractivity contribution in [3.63, 3.8) is 0 Å². The SMILES string of the molecule is CC(C)Sc1ccccc1C(=O)Nc1ccccc1-c1ccccc1. The maximum absolute atomic E-state index is 12.9. The van der Waals surface area contributed by atoms with Gasteiger partial charge in [0.25, 0.3) is 5.91 Å². The van der Waals surface area contributed by atoms with E-state index < -0.39 is 0 Å². The Labute approximate surface area is 153 Å². The molecule has 0 saturated heterocycles. The molecule has 0 unspecified atom stereocenters. The number of para-hydroxylation sites is 1. The van der Waals surface area contributed by atoms with Gasteiger partial charge in [-0.2, -0.15) is 0 Å². The summed E-state index contributed by atoms with van der Waals surface area (Å²) in [7, 11) is 0. The van der Waals surface area contributed by atoms with Crippen LogP contribution in [0.1, 0.15) is 24.2 Å². The maximum atomic E-state index is 12.9. The van der Waals surface area contributed by atoms with Crippen molar-refractivity contribution in [2.45, 2.75) is 24.0 Å². The van der Waals surface area contributed by atoms with Crippen LogP contribution in [0.2, 0.25) is 0 Å². The van der Waals surface area contributed by atoms with Gasteiger partial charge in [-0.05, 0) is 23.8 Å². The third-order valence-electron chi connectivity index (χ3n) is 3.75. The normalized spacial score (nSPS) is 10.7. The average Bonchev–Trinajstić information content (AvgIpc) is 2.63. The lowest BCUT2D eigenvalue weighted by molar-refractivity contribution is 0.102. The Morgan fingerprint density at radius 1 is 0.840 bits per heavy atom. The number of hydrogen-bond donors (Lipinski definition) is 1. The van der Waals surface area contributed by atoms with Gasteiger partial charge in [0.15, 0.2) is 0 Å². The van der Waals surface area contributed by atoms with Crippen molar-refractivity contribution in [2.24, 2.45) is 0 Å². The Bertz CT molecular complexity index is 859. The summed E-state index contributed by atoms with van der Waals surface area (Å²) >= 11 is 1.70. The molecule has 3 aromatic carbocycles. The molecule has 0 bridgehead atoms. The standard InChI is InChI=1S/C22H21NOS/c1-16(2)25-21-15-9-7-13-19(21)22(24)23-20-14-8-6-12-18(20)17-10-4-3-5-11-17/h3-16H,1-2H3,(H,23,24). The van der Waals surface area contributed by atoms with Crippen molar-refractivity contribution in [3.05, 3.63) is 84.4 Å². The molecule has 3 heteroatoms. The molecule has 0 aromatic heterocycles. The highest BCUT2D eigenvalue weighted by molar-refractivity contribution is 8.00. The first kappa shape index (κ1) is 17.3. The van der Waals surface area contributed by atoms with Gasteiger partial charge in [0.2, 0.25) is 0 Å². The molecule has 126 valence electrons. The van der Waals surface area contributed by atoms with Gasteiger partial charge < -0.3 is 5.32 Å². The molecule has 0 radical (unpaired) electrons. The predicted molar refractivity (Wildman–Crippen MR) is 107 cm³/mol. The quantitative estimate of drug-likeness (QED) is 0.564. The van der Waals surface area contributed by atoms with Gasteiger partial charge in [-0.15, -0.1) is 11.8 Å². The second-order valence-corrected chi connectivity index (χ2v) is 7.65. The number of hydrogen-bond acceptors (Lipinski definition) is 2. The number of carbonyl (C=O) groups excluding carboxylic acids is 1. The predicted octanol–water partition coefficient (Wildman–Crippen LogP) is 6.11. The minimum absolute atomic E-state index is 0.0767. The van der Waals surface area contributed by atoms with Crippen LogP contribution >= 0.6 is 11.8 Å². The molecule has 0 heterocycles. The number of anilines is 1. The first-order valence-electron chi connectivity index (χ1n) is 8.36. The van der Waals surface area contributed by atoms with Crippen LogP contribution in [0.25, 0.3) is 11.1 Å². The van der Waals surface area contributed by atoms with Gasteiger partial charge in [-0.1, -0.05) is 74.5 Å². The molecule has 2 nitrogen and oxygen atoms in total. The topological polar surface area (TPSA) is 29.1 Å². The highest BCUT2D eigenvalue weighted by atomic mass is 32.2. The Kier molecular flexibility index (Phi) is 5.56. The monoisotopic (exact) mass is 347 g/mol. The van der Waals surface area contributed by atoms with E-state index in [9.17, 15) is 4.79 Å². The number of rotatable bonds is 5. The van der Waals surface area contributed by atoms with Crippen LogP contribution in [-0.4, -0.2) is 11.2 Å². The van der Waals surface area contributed by atoms with Gasteiger partial charge in [0, 0.05) is 21.4 Å². The Morgan fingerprint density at radius 3 is 2.24 bits per heavy atom. The molecule has 1 amide bonds. The van der Waals surface area contributed by atoms with Crippen LogP contribution in [0, 0.1) is 0 Å². The molecular weight excluding hydrogens is 326 g/mol. The van der Waals surface area contributed by atoms with E-state index in [1.54, 1.807) is 11.8 Å². The zero-order valence-corrected chi connectivity index (χ0v) is 15.2. The summed E-state index contributed by atoms with van der Waals surface area (Å²) in [5.74, 6) is -0.0767. The molecule has 3 aromatic rings. The molecule has 3 rings (SSSR count). The van der Waals surface area contributed by atoms with E-state index in [2.05, 4.69) is 19.2 Å². The maximum Gasteiger partial charge on any atom is 0.256 e. The first-order chi connectivity index (χ1) is 12.1. The molecule has 0 saturated carbocycles. The van der Waals surface area contributed by atoms with Gasteiger partial charge >= 0.3 is 0 Å². The van der Waals surface area contributed by atoms with E-state index >= 15 is 0 Å². The Balaban J connectivity index is 1.91. The van der Waals surface area contributed by atoms with E-state index in [1.165, 1.54) is 0 Å². The molecule has 25 heavy (non-hydrogen) atoms.